The summed E-state index contributed by atoms with van der Waals surface area (Å²) in [6.45, 7) is -0.435. The lowest BCUT2D eigenvalue weighted by atomic mass is 9.89. The van der Waals surface area contributed by atoms with Gasteiger partial charge >= 0.3 is 5.97 Å². The number of benzene rings is 2. The van der Waals surface area contributed by atoms with Crippen molar-refractivity contribution < 1.29 is 14.3 Å². The van der Waals surface area contributed by atoms with Crippen LogP contribution in [0.3, 0.4) is 0 Å². The largest absolute Gasteiger partial charge is 0.456 e. The molecule has 0 atom stereocenters. The minimum Gasteiger partial charge on any atom is -0.456 e. The number of aromatic nitrogens is 1. The van der Waals surface area contributed by atoms with E-state index in [0.29, 0.717) is 5.02 Å². The standard InChI is InChI=1S/C22H18Cl2N2O3/c23-17-11-19(24)22(25-13-17)26-20(27)14-29-21(28)12-18(15-7-3-1-4-8-15)16-9-5-2-6-10-16/h1-11,13,18H,12,14H2,(H,25,26,27). The highest BCUT2D eigenvalue weighted by Gasteiger charge is 2.20. The molecule has 1 amide bonds. The van der Waals surface area contributed by atoms with E-state index in [4.69, 9.17) is 27.9 Å². The molecule has 29 heavy (non-hydrogen) atoms. The molecule has 5 nitrogen and oxygen atoms in total. The maximum absolute atomic E-state index is 12.4. The number of ether oxygens (including phenoxy) is 1. The lowest BCUT2D eigenvalue weighted by Gasteiger charge is -2.17. The van der Waals surface area contributed by atoms with Gasteiger partial charge in [-0.25, -0.2) is 4.98 Å². The Labute approximate surface area is 178 Å². The summed E-state index contributed by atoms with van der Waals surface area (Å²) in [4.78, 5) is 28.4. The summed E-state index contributed by atoms with van der Waals surface area (Å²) in [6, 6.07) is 20.9. The third-order valence-electron chi connectivity index (χ3n) is 4.20. The fourth-order valence-corrected chi connectivity index (χ4v) is 3.27. The van der Waals surface area contributed by atoms with Crippen molar-refractivity contribution in [3.8, 4) is 0 Å². The molecule has 1 N–H and O–H groups in total. The van der Waals surface area contributed by atoms with Gasteiger partial charge in [-0.15, -0.1) is 0 Å². The first-order valence-electron chi connectivity index (χ1n) is 8.89. The number of amides is 1. The molecule has 3 aromatic rings. The first-order chi connectivity index (χ1) is 14.0. The van der Waals surface area contributed by atoms with E-state index in [1.807, 2.05) is 60.7 Å². The van der Waals surface area contributed by atoms with Crippen molar-refractivity contribution in [2.24, 2.45) is 0 Å². The minimum absolute atomic E-state index is 0.112. The smallest absolute Gasteiger partial charge is 0.307 e. The van der Waals surface area contributed by atoms with Gasteiger partial charge in [-0.1, -0.05) is 83.9 Å². The van der Waals surface area contributed by atoms with E-state index in [0.717, 1.165) is 11.1 Å². The van der Waals surface area contributed by atoms with Gasteiger partial charge in [0.05, 0.1) is 16.5 Å². The zero-order valence-corrected chi connectivity index (χ0v) is 16.9. The molecule has 0 bridgehead atoms. The third-order valence-corrected chi connectivity index (χ3v) is 4.70. The van der Waals surface area contributed by atoms with Crippen molar-refractivity contribution in [2.45, 2.75) is 12.3 Å². The van der Waals surface area contributed by atoms with Crippen LogP contribution in [-0.2, 0) is 14.3 Å². The number of pyridine rings is 1. The molecule has 0 unspecified atom stereocenters. The van der Waals surface area contributed by atoms with Crippen LogP contribution in [0.25, 0.3) is 0 Å². The molecular formula is C22H18Cl2N2O3. The fraction of sp³-hybridized carbons (Fsp3) is 0.136. The van der Waals surface area contributed by atoms with E-state index in [9.17, 15) is 9.59 Å². The summed E-state index contributed by atoms with van der Waals surface area (Å²) < 4.78 is 5.17. The summed E-state index contributed by atoms with van der Waals surface area (Å²) >= 11 is 11.7. The first kappa shape index (κ1) is 20.8. The zero-order chi connectivity index (χ0) is 20.6. The Kier molecular flexibility index (Phi) is 7.22. The Hall–Kier alpha value is -2.89. The fourth-order valence-electron chi connectivity index (χ4n) is 2.85. The van der Waals surface area contributed by atoms with E-state index >= 15 is 0 Å². The molecular weight excluding hydrogens is 411 g/mol. The zero-order valence-electron chi connectivity index (χ0n) is 15.3. The highest BCUT2D eigenvalue weighted by atomic mass is 35.5. The summed E-state index contributed by atoms with van der Waals surface area (Å²) in [6.07, 6.45) is 1.47. The number of anilines is 1. The van der Waals surface area contributed by atoms with E-state index in [1.165, 1.54) is 12.3 Å². The van der Waals surface area contributed by atoms with E-state index in [-0.39, 0.29) is 23.2 Å². The molecule has 0 aliphatic heterocycles. The Morgan fingerprint density at radius 1 is 0.966 bits per heavy atom. The average Bonchev–Trinajstić information content (AvgIpc) is 2.74. The maximum Gasteiger partial charge on any atom is 0.307 e. The summed E-state index contributed by atoms with van der Waals surface area (Å²) in [5, 5.41) is 3.05. The quantitative estimate of drug-likeness (QED) is 0.531. The molecule has 0 saturated heterocycles. The Morgan fingerprint density at radius 3 is 2.10 bits per heavy atom. The highest BCUT2D eigenvalue weighted by molar-refractivity contribution is 6.36. The molecule has 3 rings (SSSR count). The number of carbonyl (C=O) groups is 2. The van der Waals surface area contributed by atoms with Crippen LogP contribution in [0.1, 0.15) is 23.5 Å². The molecule has 0 spiro atoms. The van der Waals surface area contributed by atoms with Crippen LogP contribution < -0.4 is 5.32 Å². The van der Waals surface area contributed by atoms with E-state index in [2.05, 4.69) is 10.3 Å². The summed E-state index contributed by atoms with van der Waals surface area (Å²) in [5.41, 5.74) is 1.99. The van der Waals surface area contributed by atoms with Crippen LogP contribution in [0.15, 0.2) is 72.9 Å². The van der Waals surface area contributed by atoms with Gasteiger partial charge in [0, 0.05) is 12.1 Å². The number of nitrogens with one attached hydrogen (secondary N) is 1. The Balaban J connectivity index is 1.61. The van der Waals surface area contributed by atoms with Crippen molar-refractivity contribution in [3.63, 3.8) is 0 Å². The number of hydrogen-bond acceptors (Lipinski definition) is 4. The molecule has 7 heteroatoms. The van der Waals surface area contributed by atoms with Gasteiger partial charge in [-0.3, -0.25) is 9.59 Å². The van der Waals surface area contributed by atoms with E-state index in [1.54, 1.807) is 0 Å². The lowest BCUT2D eigenvalue weighted by Crippen LogP contribution is -2.22. The molecule has 0 aliphatic rings. The second-order valence-electron chi connectivity index (χ2n) is 6.27. The van der Waals surface area contributed by atoms with Crippen LogP contribution in [-0.4, -0.2) is 23.5 Å². The SMILES string of the molecule is O=C(COC(=O)CC(c1ccccc1)c1ccccc1)Nc1ncc(Cl)cc1Cl. The van der Waals surface area contributed by atoms with E-state index < -0.39 is 18.5 Å². The Bertz CT molecular complexity index is 942. The second kappa shape index (κ2) is 10.0. The van der Waals surface area contributed by atoms with Crippen LogP contribution in [0.2, 0.25) is 10.0 Å². The van der Waals surface area contributed by atoms with Gasteiger partial charge in [0.15, 0.2) is 12.4 Å². The van der Waals surface area contributed by atoms with Crippen molar-refractivity contribution in [1.82, 2.24) is 4.98 Å². The van der Waals surface area contributed by atoms with Gasteiger partial charge in [0.25, 0.3) is 5.91 Å². The molecule has 1 aromatic heterocycles. The minimum atomic E-state index is -0.536. The number of halogens is 2. The van der Waals surface area contributed by atoms with Gasteiger partial charge in [-0.2, -0.15) is 0 Å². The topological polar surface area (TPSA) is 68.3 Å². The van der Waals surface area contributed by atoms with Crippen LogP contribution in [0.5, 0.6) is 0 Å². The summed E-state index contributed by atoms with van der Waals surface area (Å²) in [5.74, 6) is -1.03. The van der Waals surface area contributed by atoms with Gasteiger partial charge in [-0.05, 0) is 17.2 Å². The molecule has 0 aliphatic carbocycles. The van der Waals surface area contributed by atoms with Crippen LogP contribution in [0.4, 0.5) is 5.82 Å². The van der Waals surface area contributed by atoms with Crippen LogP contribution in [0, 0.1) is 0 Å². The van der Waals surface area contributed by atoms with Crippen LogP contribution >= 0.6 is 23.2 Å². The lowest BCUT2D eigenvalue weighted by molar-refractivity contribution is -0.147. The van der Waals surface area contributed by atoms with Crippen molar-refractivity contribution in [1.29, 1.82) is 0 Å². The second-order valence-corrected chi connectivity index (χ2v) is 7.11. The molecule has 0 fully saturated rings. The normalized spacial score (nSPS) is 10.6. The number of nitrogens with zero attached hydrogens (tertiary/aromatic N) is 1. The Morgan fingerprint density at radius 2 is 1.55 bits per heavy atom. The van der Waals surface area contributed by atoms with Gasteiger partial charge in [0.2, 0.25) is 0 Å². The highest BCUT2D eigenvalue weighted by Crippen LogP contribution is 2.28. The monoisotopic (exact) mass is 428 g/mol. The van der Waals surface area contributed by atoms with Crippen molar-refractivity contribution in [2.75, 3.05) is 11.9 Å². The molecule has 2 aromatic carbocycles. The number of rotatable bonds is 7. The number of carbonyl (C=O) groups excluding carboxylic acids is 2. The predicted molar refractivity (Wildman–Crippen MR) is 113 cm³/mol. The molecule has 0 saturated carbocycles. The average molecular weight is 429 g/mol. The van der Waals surface area contributed by atoms with Crippen molar-refractivity contribution >= 4 is 40.9 Å². The van der Waals surface area contributed by atoms with Gasteiger partial charge in [0.1, 0.15) is 0 Å². The summed E-state index contributed by atoms with van der Waals surface area (Å²) in [7, 11) is 0. The third kappa shape index (κ3) is 6.04. The first-order valence-corrected chi connectivity index (χ1v) is 9.65. The molecule has 148 valence electrons. The predicted octanol–water partition coefficient (Wildman–Crippen LogP) is 5.09. The molecule has 0 radical (unpaired) electrons. The molecule has 1 heterocycles. The number of esters is 1. The maximum atomic E-state index is 12.4. The van der Waals surface area contributed by atoms with Crippen molar-refractivity contribution in [3.05, 3.63) is 94.1 Å². The number of hydrogen-bond donors (Lipinski definition) is 1. The van der Waals surface area contributed by atoms with Gasteiger partial charge < -0.3 is 10.1 Å².